The summed E-state index contributed by atoms with van der Waals surface area (Å²) in [7, 11) is 0. The fourth-order valence-corrected chi connectivity index (χ4v) is 3.56. The highest BCUT2D eigenvalue weighted by atomic mass is 16.5. The van der Waals surface area contributed by atoms with Crippen LogP contribution in [0.3, 0.4) is 0 Å². The van der Waals surface area contributed by atoms with Crippen molar-refractivity contribution in [3.05, 3.63) is 72.1 Å². The smallest absolute Gasteiger partial charge is 0.246 e. The van der Waals surface area contributed by atoms with Crippen LogP contribution in [0, 0.1) is 0 Å². The highest BCUT2D eigenvalue weighted by Crippen LogP contribution is 2.34. The molecule has 2 atom stereocenters. The summed E-state index contributed by atoms with van der Waals surface area (Å²) >= 11 is 0. The molecule has 0 radical (unpaired) electrons. The molecule has 1 fully saturated rings. The van der Waals surface area contributed by atoms with Crippen molar-refractivity contribution in [2.24, 2.45) is 0 Å². The zero-order chi connectivity index (χ0) is 20.1. The molecule has 0 unspecified atom stereocenters. The fraction of sp³-hybridized carbons (Fsp3) is 0.364. The van der Waals surface area contributed by atoms with E-state index in [2.05, 4.69) is 17.2 Å². The average Bonchev–Trinajstić information content (AvgIpc) is 3.19. The second kappa shape index (κ2) is 8.96. The second-order valence-electron chi connectivity index (χ2n) is 7.15. The van der Waals surface area contributed by atoms with Gasteiger partial charge in [-0.2, -0.15) is 5.10 Å². The first-order valence-electron chi connectivity index (χ1n) is 10.1. The number of hydrogen-bond acceptors (Lipinski definition) is 5. The van der Waals surface area contributed by atoms with Gasteiger partial charge in [0.1, 0.15) is 12.7 Å². The van der Waals surface area contributed by atoms with Gasteiger partial charge in [-0.1, -0.05) is 50.1 Å². The quantitative estimate of drug-likeness (QED) is 0.625. The molecule has 150 valence electrons. The number of aryl methyl sites for hydroxylation is 1. The predicted octanol–water partition coefficient (Wildman–Crippen LogP) is 3.32. The molecule has 1 aliphatic rings. The topological polar surface area (TPSA) is 81.9 Å². The molecule has 0 bridgehead atoms. The van der Waals surface area contributed by atoms with E-state index in [-0.39, 0.29) is 18.6 Å². The van der Waals surface area contributed by atoms with Crippen molar-refractivity contribution in [3.8, 4) is 5.69 Å². The molecular weight excluding hydrogens is 366 g/mol. The molecule has 29 heavy (non-hydrogen) atoms. The summed E-state index contributed by atoms with van der Waals surface area (Å²) in [6, 6.07) is 13.3. The normalized spacial score (nSPS) is 19.1. The molecule has 0 saturated carbocycles. The highest BCUT2D eigenvalue weighted by Gasteiger charge is 2.36. The minimum Gasteiger partial charge on any atom is -0.358 e. The van der Waals surface area contributed by atoms with Crippen molar-refractivity contribution in [2.45, 2.75) is 44.8 Å². The fourth-order valence-electron chi connectivity index (χ4n) is 3.56. The van der Waals surface area contributed by atoms with Gasteiger partial charge in [0.2, 0.25) is 5.91 Å². The lowest BCUT2D eigenvalue weighted by Crippen LogP contribution is -2.42. The Hall–Kier alpha value is -3.06. The van der Waals surface area contributed by atoms with Crippen molar-refractivity contribution < 1.29 is 9.53 Å². The maximum atomic E-state index is 12.1. The van der Waals surface area contributed by atoms with Gasteiger partial charge in [0.05, 0.1) is 11.7 Å². The minimum absolute atomic E-state index is 0.00235. The molecule has 7 heteroatoms. The van der Waals surface area contributed by atoms with Crippen LogP contribution in [0.1, 0.15) is 55.5 Å². The number of nitrogens with zero attached hydrogens (tertiary/aromatic N) is 4. The molecule has 3 aromatic rings. The summed E-state index contributed by atoms with van der Waals surface area (Å²) in [5, 5.41) is 7.82. The second-order valence-corrected chi connectivity index (χ2v) is 7.15. The van der Waals surface area contributed by atoms with E-state index in [0.29, 0.717) is 5.82 Å². The van der Waals surface area contributed by atoms with Gasteiger partial charge in [0, 0.05) is 18.8 Å². The molecular formula is C22H25N5O2. The predicted molar refractivity (Wildman–Crippen MR) is 108 cm³/mol. The Balaban J connectivity index is 1.73. The zero-order valence-electron chi connectivity index (χ0n) is 16.5. The van der Waals surface area contributed by atoms with Gasteiger partial charge < -0.3 is 10.1 Å². The first kappa shape index (κ1) is 19.3. The van der Waals surface area contributed by atoms with E-state index in [1.165, 1.54) is 0 Å². The average molecular weight is 391 g/mol. The summed E-state index contributed by atoms with van der Waals surface area (Å²) in [5.41, 5.74) is 1.85. The Bertz CT molecular complexity index is 942. The number of nitrogens with one attached hydrogen (secondary N) is 1. The van der Waals surface area contributed by atoms with E-state index in [1.807, 2.05) is 47.1 Å². The lowest BCUT2D eigenvalue weighted by Gasteiger charge is -2.32. The van der Waals surface area contributed by atoms with Gasteiger partial charge in [0.15, 0.2) is 11.6 Å². The SMILES string of the molecule is CCCCCc1nc([C@H]2OCC(=O)N[C@@H]2c2ccccc2)n(-c2ccncc2)n1. The third-order valence-corrected chi connectivity index (χ3v) is 5.01. The molecule has 1 saturated heterocycles. The van der Waals surface area contributed by atoms with E-state index in [0.717, 1.165) is 42.8 Å². The molecule has 0 spiro atoms. The molecule has 7 nitrogen and oxygen atoms in total. The maximum Gasteiger partial charge on any atom is 0.246 e. The monoisotopic (exact) mass is 391 g/mol. The number of aromatic nitrogens is 4. The number of hydrogen-bond donors (Lipinski definition) is 1. The van der Waals surface area contributed by atoms with Gasteiger partial charge in [-0.05, 0) is 24.1 Å². The standard InChI is InChI=1S/C22H25N5O2/c1-2-3-5-10-18-24-22(27(26-18)17-11-13-23-14-12-17)21-20(25-19(28)15-29-21)16-8-6-4-7-9-16/h4,6-9,11-14,20-21H,2-3,5,10,15H2,1H3,(H,25,28)/t20-,21+/m1/s1. The highest BCUT2D eigenvalue weighted by molar-refractivity contribution is 5.78. The van der Waals surface area contributed by atoms with E-state index in [4.69, 9.17) is 14.8 Å². The zero-order valence-corrected chi connectivity index (χ0v) is 16.5. The Kier molecular flexibility index (Phi) is 5.95. The first-order valence-corrected chi connectivity index (χ1v) is 10.1. The van der Waals surface area contributed by atoms with Gasteiger partial charge in [-0.15, -0.1) is 0 Å². The first-order chi connectivity index (χ1) is 14.3. The Labute approximate surface area is 170 Å². The van der Waals surface area contributed by atoms with Crippen LogP contribution < -0.4 is 5.32 Å². The van der Waals surface area contributed by atoms with Gasteiger partial charge in [-0.25, -0.2) is 9.67 Å². The van der Waals surface area contributed by atoms with Crippen molar-refractivity contribution in [1.29, 1.82) is 0 Å². The van der Waals surface area contributed by atoms with Crippen LogP contribution >= 0.6 is 0 Å². The van der Waals surface area contributed by atoms with Crippen LogP contribution in [0.5, 0.6) is 0 Å². The van der Waals surface area contributed by atoms with Crippen molar-refractivity contribution in [2.75, 3.05) is 6.61 Å². The minimum atomic E-state index is -0.435. The maximum absolute atomic E-state index is 12.1. The Morgan fingerprint density at radius 2 is 1.93 bits per heavy atom. The van der Waals surface area contributed by atoms with E-state index >= 15 is 0 Å². The van der Waals surface area contributed by atoms with Crippen LogP contribution in [-0.2, 0) is 16.0 Å². The number of pyridine rings is 1. The van der Waals surface area contributed by atoms with Gasteiger partial charge >= 0.3 is 0 Å². The summed E-state index contributed by atoms with van der Waals surface area (Å²) in [4.78, 5) is 21.0. The number of carbonyl (C=O) groups is 1. The van der Waals surface area contributed by atoms with Crippen LogP contribution in [-0.4, -0.2) is 32.3 Å². The third kappa shape index (κ3) is 4.35. The molecule has 2 aromatic heterocycles. The third-order valence-electron chi connectivity index (χ3n) is 5.01. The van der Waals surface area contributed by atoms with E-state index in [9.17, 15) is 4.79 Å². The number of rotatable bonds is 7. The van der Waals surface area contributed by atoms with Crippen LogP contribution in [0.2, 0.25) is 0 Å². The van der Waals surface area contributed by atoms with Gasteiger partial charge in [-0.3, -0.25) is 9.78 Å². The van der Waals surface area contributed by atoms with Crippen molar-refractivity contribution in [3.63, 3.8) is 0 Å². The van der Waals surface area contributed by atoms with Crippen LogP contribution in [0.25, 0.3) is 5.69 Å². The molecule has 4 rings (SSSR count). The van der Waals surface area contributed by atoms with Crippen LogP contribution in [0.4, 0.5) is 0 Å². The number of morpholine rings is 1. The molecule has 0 aliphatic carbocycles. The number of amides is 1. The molecule has 3 heterocycles. The van der Waals surface area contributed by atoms with E-state index in [1.54, 1.807) is 12.4 Å². The van der Waals surface area contributed by atoms with Crippen molar-refractivity contribution in [1.82, 2.24) is 25.1 Å². The molecule has 1 N–H and O–H groups in total. The Morgan fingerprint density at radius 3 is 2.69 bits per heavy atom. The summed E-state index contributed by atoms with van der Waals surface area (Å²) in [6.45, 7) is 2.18. The number of ether oxygens (including phenoxy) is 1. The lowest BCUT2D eigenvalue weighted by atomic mass is 9.99. The summed E-state index contributed by atoms with van der Waals surface area (Å²) in [6.07, 6.45) is 7.17. The summed E-state index contributed by atoms with van der Waals surface area (Å²) < 4.78 is 7.81. The number of benzene rings is 1. The van der Waals surface area contributed by atoms with Crippen LogP contribution in [0.15, 0.2) is 54.9 Å². The van der Waals surface area contributed by atoms with Gasteiger partial charge in [0.25, 0.3) is 0 Å². The number of carbonyl (C=O) groups excluding carboxylic acids is 1. The largest absolute Gasteiger partial charge is 0.358 e. The molecule has 1 aromatic carbocycles. The molecule has 1 amide bonds. The Morgan fingerprint density at radius 1 is 1.14 bits per heavy atom. The lowest BCUT2D eigenvalue weighted by molar-refractivity contribution is -0.138. The van der Waals surface area contributed by atoms with Crippen molar-refractivity contribution >= 4 is 5.91 Å². The molecule has 1 aliphatic heterocycles. The summed E-state index contributed by atoms with van der Waals surface area (Å²) in [5.74, 6) is 1.35. The van der Waals surface area contributed by atoms with E-state index < -0.39 is 6.10 Å². The number of unbranched alkanes of at least 4 members (excludes halogenated alkanes) is 2.